The number of rotatable bonds is 11. The van der Waals surface area contributed by atoms with Gasteiger partial charge in [-0.1, -0.05) is 50.8 Å². The van der Waals surface area contributed by atoms with E-state index in [1.54, 1.807) is 51.8 Å². The van der Waals surface area contributed by atoms with Crippen LogP contribution in [0.3, 0.4) is 0 Å². The molecule has 3 aromatic carbocycles. The number of benzene rings is 3. The summed E-state index contributed by atoms with van der Waals surface area (Å²) in [6.07, 6.45) is 1.95. The molecule has 0 aromatic heterocycles. The van der Waals surface area contributed by atoms with Crippen LogP contribution in [-0.4, -0.2) is 29.9 Å². The van der Waals surface area contributed by atoms with E-state index in [1.807, 2.05) is 61.5 Å². The third-order valence-electron chi connectivity index (χ3n) is 6.22. The Balaban J connectivity index is 1.99. The van der Waals surface area contributed by atoms with Crippen molar-refractivity contribution in [2.75, 3.05) is 4.90 Å². The molecule has 0 saturated carbocycles. The van der Waals surface area contributed by atoms with E-state index < -0.39 is 23.6 Å². The van der Waals surface area contributed by atoms with Gasteiger partial charge in [-0.3, -0.25) is 9.79 Å². The number of nitrogens with zero attached hydrogens (tertiary/aromatic N) is 2. The van der Waals surface area contributed by atoms with Crippen molar-refractivity contribution in [3.63, 3.8) is 0 Å². The van der Waals surface area contributed by atoms with Gasteiger partial charge in [0.1, 0.15) is 29.0 Å². The number of ether oxygens (including phenoxy) is 2. The van der Waals surface area contributed by atoms with E-state index >= 15 is 4.39 Å². The molecule has 222 valence electrons. The Kier molecular flexibility index (Phi) is 11.0. The van der Waals surface area contributed by atoms with Gasteiger partial charge in [0.25, 0.3) is 0 Å². The average Bonchev–Trinajstić information content (AvgIpc) is 2.94. The van der Waals surface area contributed by atoms with Crippen molar-refractivity contribution in [1.29, 1.82) is 0 Å². The topological polar surface area (TPSA) is 80.2 Å². The summed E-state index contributed by atoms with van der Waals surface area (Å²) < 4.78 is 26.4. The molecule has 3 aromatic rings. The summed E-state index contributed by atoms with van der Waals surface area (Å²) in [7, 11) is 0. The Hall–Kier alpha value is -4.46. The van der Waals surface area contributed by atoms with E-state index in [-0.39, 0.29) is 23.7 Å². The predicted octanol–water partition coefficient (Wildman–Crippen LogP) is 8.21. The standard InChI is InChI=1S/C34H40FN3O4/c1-8-19-36-24(4)28-21-31(23(3)20-29(28)35)38(32(39)30(9-2)37-33(40)42-34(5,6)7)22-25-15-17-27(18-16-25)41-26-13-11-10-12-14-26/h10-21,30H,4,8-9,22H2,1-3,5-7H3,(H,37,40)/t30-/m0/s1. The molecule has 0 saturated heterocycles. The molecule has 0 aliphatic heterocycles. The zero-order valence-electron chi connectivity index (χ0n) is 25.2. The van der Waals surface area contributed by atoms with Gasteiger partial charge in [-0.05, 0) is 88.1 Å². The summed E-state index contributed by atoms with van der Waals surface area (Å²) in [5.41, 5.74) is 1.56. The fraction of sp³-hybridized carbons (Fsp3) is 0.324. The highest BCUT2D eigenvalue weighted by molar-refractivity contribution is 5.99. The molecule has 0 aliphatic carbocycles. The van der Waals surface area contributed by atoms with Crippen LogP contribution in [0.15, 0.2) is 78.3 Å². The fourth-order valence-electron chi connectivity index (χ4n) is 4.17. The molecule has 3 rings (SSSR count). The Morgan fingerprint density at radius 3 is 2.29 bits per heavy atom. The number of nitrogens with one attached hydrogen (secondary N) is 1. The minimum absolute atomic E-state index is 0.160. The van der Waals surface area contributed by atoms with Gasteiger partial charge in [-0.25, -0.2) is 9.18 Å². The van der Waals surface area contributed by atoms with Crippen LogP contribution in [0.25, 0.3) is 5.70 Å². The van der Waals surface area contributed by atoms with Crippen LogP contribution in [0.1, 0.15) is 64.2 Å². The second kappa shape index (κ2) is 14.4. The van der Waals surface area contributed by atoms with E-state index in [0.29, 0.717) is 35.6 Å². The normalized spacial score (nSPS) is 12.1. The van der Waals surface area contributed by atoms with Crippen LogP contribution in [0.5, 0.6) is 11.5 Å². The highest BCUT2D eigenvalue weighted by Crippen LogP contribution is 2.31. The van der Waals surface area contributed by atoms with Gasteiger partial charge < -0.3 is 19.7 Å². The number of anilines is 1. The Morgan fingerprint density at radius 2 is 1.69 bits per heavy atom. The van der Waals surface area contributed by atoms with Crippen molar-refractivity contribution in [1.82, 2.24) is 5.32 Å². The first-order valence-electron chi connectivity index (χ1n) is 14.1. The summed E-state index contributed by atoms with van der Waals surface area (Å²) in [6, 6.07) is 18.9. The third-order valence-corrected chi connectivity index (χ3v) is 6.22. The molecule has 0 aliphatic rings. The van der Waals surface area contributed by atoms with Crippen LogP contribution < -0.4 is 15.0 Å². The average molecular weight is 574 g/mol. The van der Waals surface area contributed by atoms with E-state index in [4.69, 9.17) is 9.47 Å². The van der Waals surface area contributed by atoms with Crippen molar-refractivity contribution >= 4 is 29.6 Å². The molecule has 1 N–H and O–H groups in total. The van der Waals surface area contributed by atoms with E-state index in [9.17, 15) is 9.59 Å². The lowest BCUT2D eigenvalue weighted by Gasteiger charge is -2.30. The van der Waals surface area contributed by atoms with Crippen molar-refractivity contribution in [2.24, 2.45) is 4.99 Å². The minimum atomic E-state index is -0.880. The first-order chi connectivity index (χ1) is 19.9. The maximum absolute atomic E-state index is 15.1. The molecule has 2 amide bonds. The molecule has 8 heteroatoms. The van der Waals surface area contributed by atoms with Gasteiger partial charge in [-0.2, -0.15) is 0 Å². The van der Waals surface area contributed by atoms with Gasteiger partial charge >= 0.3 is 6.09 Å². The number of aryl methyl sites for hydroxylation is 1. The Bertz CT molecular complexity index is 1410. The van der Waals surface area contributed by atoms with Gasteiger partial charge in [0.2, 0.25) is 5.91 Å². The van der Waals surface area contributed by atoms with Crippen LogP contribution in [0.4, 0.5) is 14.9 Å². The van der Waals surface area contributed by atoms with Gasteiger partial charge in [0.05, 0.1) is 12.2 Å². The maximum Gasteiger partial charge on any atom is 0.408 e. The molecule has 1 atom stereocenters. The van der Waals surface area contributed by atoms with Gasteiger partial charge in [0, 0.05) is 17.5 Å². The monoisotopic (exact) mass is 573 g/mol. The number of amides is 2. The maximum atomic E-state index is 15.1. The second-order valence-electron chi connectivity index (χ2n) is 10.9. The number of carbonyl (C=O) groups excluding carboxylic acids is 2. The second-order valence-corrected chi connectivity index (χ2v) is 10.9. The van der Waals surface area contributed by atoms with Crippen LogP contribution in [-0.2, 0) is 16.1 Å². The number of para-hydroxylation sites is 1. The molecule has 0 radical (unpaired) electrons. The molecule has 0 unspecified atom stereocenters. The zero-order valence-corrected chi connectivity index (χ0v) is 25.2. The molecule has 0 spiro atoms. The van der Waals surface area contributed by atoms with Crippen molar-refractivity contribution in [3.8, 4) is 11.5 Å². The van der Waals surface area contributed by atoms with Crippen molar-refractivity contribution in [2.45, 2.75) is 72.6 Å². The van der Waals surface area contributed by atoms with Crippen LogP contribution in [0.2, 0.25) is 0 Å². The molecule has 0 bridgehead atoms. The lowest BCUT2D eigenvalue weighted by Crippen LogP contribution is -2.49. The summed E-state index contributed by atoms with van der Waals surface area (Å²) >= 11 is 0. The molecule has 0 heterocycles. The summed E-state index contributed by atoms with van der Waals surface area (Å²) in [6.45, 7) is 14.8. The smallest absolute Gasteiger partial charge is 0.408 e. The summed E-state index contributed by atoms with van der Waals surface area (Å²) in [5.74, 6) is 0.507. The number of halogens is 1. The van der Waals surface area contributed by atoms with Crippen LogP contribution >= 0.6 is 0 Å². The lowest BCUT2D eigenvalue weighted by molar-refractivity contribution is -0.120. The fourth-order valence-corrected chi connectivity index (χ4v) is 4.17. The minimum Gasteiger partial charge on any atom is -0.457 e. The number of hydrogen-bond donors (Lipinski definition) is 1. The summed E-state index contributed by atoms with van der Waals surface area (Å²) in [4.78, 5) is 32.5. The third kappa shape index (κ3) is 9.03. The highest BCUT2D eigenvalue weighted by atomic mass is 19.1. The van der Waals surface area contributed by atoms with E-state index in [1.165, 1.54) is 6.07 Å². The number of aliphatic imine (C=N–C) groups is 1. The molecule has 7 nitrogen and oxygen atoms in total. The zero-order chi connectivity index (χ0) is 30.9. The molecular weight excluding hydrogens is 533 g/mol. The Morgan fingerprint density at radius 1 is 1.05 bits per heavy atom. The first-order valence-corrected chi connectivity index (χ1v) is 14.1. The lowest BCUT2D eigenvalue weighted by atomic mass is 10.0. The van der Waals surface area contributed by atoms with Crippen molar-refractivity contribution < 1.29 is 23.5 Å². The van der Waals surface area contributed by atoms with E-state index in [0.717, 1.165) is 5.56 Å². The molecule has 0 fully saturated rings. The van der Waals surface area contributed by atoms with Gasteiger partial charge in [-0.15, -0.1) is 0 Å². The largest absolute Gasteiger partial charge is 0.457 e. The molecular formula is C34H40FN3O4. The number of carbonyl (C=O) groups is 2. The highest BCUT2D eigenvalue weighted by Gasteiger charge is 2.29. The summed E-state index contributed by atoms with van der Waals surface area (Å²) in [5, 5.41) is 2.70. The quantitative estimate of drug-likeness (QED) is 0.234. The number of alkyl carbamates (subject to hydrolysis) is 1. The number of hydrogen-bond acceptors (Lipinski definition) is 5. The van der Waals surface area contributed by atoms with Gasteiger partial charge in [0.15, 0.2) is 0 Å². The first kappa shape index (κ1) is 32.1. The van der Waals surface area contributed by atoms with Crippen molar-refractivity contribution in [3.05, 3.63) is 95.8 Å². The Labute approximate surface area is 248 Å². The van der Waals surface area contributed by atoms with Crippen LogP contribution in [0, 0.1) is 12.7 Å². The van der Waals surface area contributed by atoms with E-state index in [2.05, 4.69) is 16.9 Å². The molecule has 42 heavy (non-hydrogen) atoms. The predicted molar refractivity (Wildman–Crippen MR) is 167 cm³/mol. The SMILES string of the molecule is C=C(N=CCC)c1cc(N(Cc2ccc(Oc3ccccc3)cc2)C(=O)[C@H](CC)NC(=O)OC(C)(C)C)c(C)cc1F.